The lowest BCUT2D eigenvalue weighted by Gasteiger charge is -2.25. The molecule has 0 aromatic heterocycles. The van der Waals surface area contributed by atoms with Gasteiger partial charge in [0.15, 0.2) is 0 Å². The Morgan fingerprint density at radius 3 is 2.33 bits per heavy atom. The van der Waals surface area contributed by atoms with Crippen LogP contribution in [0.5, 0.6) is 0 Å². The Kier molecular flexibility index (Phi) is 2.94. The van der Waals surface area contributed by atoms with Gasteiger partial charge in [-0.3, -0.25) is 0 Å². The molecule has 0 N–H and O–H groups in total. The fourth-order valence-corrected chi connectivity index (χ4v) is 4.68. The highest BCUT2D eigenvalue weighted by Crippen LogP contribution is 2.38. The van der Waals surface area contributed by atoms with Crippen LogP contribution in [-0.4, -0.2) is 14.0 Å². The van der Waals surface area contributed by atoms with Crippen molar-refractivity contribution >= 4 is 39.3 Å². The van der Waals surface area contributed by atoms with Crippen molar-refractivity contribution in [2.75, 3.05) is 0 Å². The van der Waals surface area contributed by atoms with E-state index in [0.717, 1.165) is 9.95 Å². The molecule has 12 heavy (non-hydrogen) atoms. The minimum absolute atomic E-state index is 0.633. The molecule has 0 radical (unpaired) electrons. The Morgan fingerprint density at radius 2 is 1.75 bits per heavy atom. The average molecular weight is 214 g/mol. The van der Waals surface area contributed by atoms with E-state index in [0.29, 0.717) is 10.5 Å². The quantitative estimate of drug-likeness (QED) is 0.448. The van der Waals surface area contributed by atoms with Crippen molar-refractivity contribution in [3.8, 4) is 0 Å². The van der Waals surface area contributed by atoms with Gasteiger partial charge in [-0.15, -0.1) is 23.5 Å². The van der Waals surface area contributed by atoms with E-state index < -0.39 is 0 Å². The molecule has 0 aromatic rings. The Balaban J connectivity index is 2.15. The third-order valence-corrected chi connectivity index (χ3v) is 4.78. The second-order valence-corrected chi connectivity index (χ2v) is 6.57. The minimum Gasteiger partial charge on any atom is -0.100 e. The van der Waals surface area contributed by atoms with Crippen molar-refractivity contribution in [2.45, 2.75) is 23.3 Å². The van der Waals surface area contributed by atoms with E-state index >= 15 is 0 Å². The summed E-state index contributed by atoms with van der Waals surface area (Å²) < 4.78 is 1.10. The van der Waals surface area contributed by atoms with Gasteiger partial charge in [0.2, 0.25) is 0 Å². The highest BCUT2D eigenvalue weighted by atomic mass is 32.2. The summed E-state index contributed by atoms with van der Waals surface area (Å²) >= 11 is 8.90. The van der Waals surface area contributed by atoms with Crippen LogP contribution in [0.1, 0.15) is 12.8 Å². The lowest BCUT2D eigenvalue weighted by atomic mass is 10.1. The average Bonchev–Trinajstić information content (AvgIpc) is 2.00. The van der Waals surface area contributed by atoms with Crippen LogP contribution >= 0.6 is 35.7 Å². The zero-order valence-electron chi connectivity index (χ0n) is 6.60. The summed E-state index contributed by atoms with van der Waals surface area (Å²) in [5.74, 6) is 0. The fraction of sp³-hybridized carbons (Fsp3) is 0.444. The smallest absolute Gasteiger partial charge is 0.100 e. The van der Waals surface area contributed by atoms with Crippen molar-refractivity contribution in [3.05, 3.63) is 24.3 Å². The number of hydrogen-bond donors (Lipinski definition) is 0. The van der Waals surface area contributed by atoms with Gasteiger partial charge in [-0.25, -0.2) is 0 Å². The number of fused-ring (bicyclic) bond motifs is 2. The van der Waals surface area contributed by atoms with E-state index in [1.54, 1.807) is 0 Å². The molecular formula is C9H10S3. The summed E-state index contributed by atoms with van der Waals surface area (Å²) in [5.41, 5.74) is 0. The largest absolute Gasteiger partial charge is 0.105 e. The van der Waals surface area contributed by atoms with Gasteiger partial charge in [-0.1, -0.05) is 36.5 Å². The topological polar surface area (TPSA) is 0 Å². The highest BCUT2D eigenvalue weighted by molar-refractivity contribution is 8.48. The maximum absolute atomic E-state index is 5.22. The predicted molar refractivity (Wildman–Crippen MR) is 62.9 cm³/mol. The molecule has 0 amide bonds. The van der Waals surface area contributed by atoms with Crippen molar-refractivity contribution in [1.29, 1.82) is 0 Å². The van der Waals surface area contributed by atoms with Gasteiger partial charge in [-0.05, 0) is 12.8 Å². The molecule has 0 aromatic carbocycles. The summed E-state index contributed by atoms with van der Waals surface area (Å²) in [6.45, 7) is 0. The molecule has 3 heteroatoms. The number of allylic oxidation sites excluding steroid dienone is 2. The summed E-state index contributed by atoms with van der Waals surface area (Å²) in [6.07, 6.45) is 11.4. The molecule has 64 valence electrons. The lowest BCUT2D eigenvalue weighted by molar-refractivity contribution is 0.890. The second-order valence-electron chi connectivity index (χ2n) is 2.89. The molecule has 1 saturated heterocycles. The molecule has 0 spiro atoms. The first-order valence-corrected chi connectivity index (χ1v) is 6.22. The number of rotatable bonds is 0. The summed E-state index contributed by atoms with van der Waals surface area (Å²) in [4.78, 5) is 0. The molecular weight excluding hydrogens is 204 g/mol. The maximum Gasteiger partial charge on any atom is 0.105 e. The van der Waals surface area contributed by atoms with E-state index in [2.05, 4.69) is 24.3 Å². The Hall–Kier alpha value is 0.270. The van der Waals surface area contributed by atoms with Crippen LogP contribution < -0.4 is 0 Å². The molecule has 0 nitrogen and oxygen atoms in total. The van der Waals surface area contributed by atoms with Gasteiger partial charge >= 0.3 is 0 Å². The molecule has 2 atom stereocenters. The van der Waals surface area contributed by atoms with E-state index in [9.17, 15) is 0 Å². The van der Waals surface area contributed by atoms with Gasteiger partial charge in [-0.2, -0.15) is 0 Å². The van der Waals surface area contributed by atoms with Crippen molar-refractivity contribution < 1.29 is 0 Å². The molecule has 1 heterocycles. The Morgan fingerprint density at radius 1 is 1.17 bits per heavy atom. The third kappa shape index (κ3) is 2.15. The molecule has 1 fully saturated rings. The zero-order valence-corrected chi connectivity index (χ0v) is 9.05. The van der Waals surface area contributed by atoms with Crippen molar-refractivity contribution in [2.24, 2.45) is 0 Å². The lowest BCUT2D eigenvalue weighted by Crippen LogP contribution is -2.17. The SMILES string of the molecule is S=C1S[C@@H]2/C=C\C/C=C\[C@@H](C2)S1. The molecule has 0 saturated carbocycles. The third-order valence-electron chi connectivity index (χ3n) is 1.93. The van der Waals surface area contributed by atoms with Gasteiger partial charge in [0.1, 0.15) is 3.53 Å². The van der Waals surface area contributed by atoms with Gasteiger partial charge < -0.3 is 0 Å². The number of thiocarbonyl (C=S) groups is 1. The van der Waals surface area contributed by atoms with Gasteiger partial charge in [0.05, 0.1) is 0 Å². The Labute approximate surface area is 86.9 Å². The van der Waals surface area contributed by atoms with Crippen molar-refractivity contribution in [1.82, 2.24) is 0 Å². The first kappa shape index (κ1) is 8.85. The molecule has 2 bridgehead atoms. The molecule has 2 rings (SSSR count). The minimum atomic E-state index is 0.633. The van der Waals surface area contributed by atoms with E-state index in [1.807, 2.05) is 23.5 Å². The van der Waals surface area contributed by atoms with Crippen LogP contribution in [0.15, 0.2) is 24.3 Å². The van der Waals surface area contributed by atoms with Crippen LogP contribution in [0.25, 0.3) is 0 Å². The van der Waals surface area contributed by atoms with Crippen LogP contribution in [0.4, 0.5) is 0 Å². The molecule has 1 aliphatic carbocycles. The van der Waals surface area contributed by atoms with Crippen LogP contribution in [0.2, 0.25) is 0 Å². The first-order chi connectivity index (χ1) is 5.84. The zero-order chi connectivity index (χ0) is 8.39. The van der Waals surface area contributed by atoms with Crippen LogP contribution in [0, 0.1) is 0 Å². The highest BCUT2D eigenvalue weighted by Gasteiger charge is 2.23. The van der Waals surface area contributed by atoms with Crippen LogP contribution in [-0.2, 0) is 0 Å². The monoisotopic (exact) mass is 214 g/mol. The van der Waals surface area contributed by atoms with E-state index in [-0.39, 0.29) is 0 Å². The Bertz CT molecular complexity index is 220. The normalized spacial score (nSPS) is 39.8. The molecule has 1 aliphatic heterocycles. The van der Waals surface area contributed by atoms with Crippen molar-refractivity contribution in [3.63, 3.8) is 0 Å². The summed E-state index contributed by atoms with van der Waals surface area (Å²) in [5, 5.41) is 1.27. The number of hydrogen-bond acceptors (Lipinski definition) is 3. The predicted octanol–water partition coefficient (Wildman–Crippen LogP) is 3.39. The fourth-order valence-electron chi connectivity index (χ4n) is 1.38. The standard InChI is InChI=1S/C9H10S3/c10-9-11-7-4-2-1-3-5-8(6-7)12-9/h2-5,7-8H,1,6H2/b4-2-,5-3-/t7-,8+. The summed E-state index contributed by atoms with van der Waals surface area (Å²) in [7, 11) is 0. The van der Waals surface area contributed by atoms with Crippen LogP contribution in [0.3, 0.4) is 0 Å². The number of thioether (sulfide) groups is 2. The molecule has 2 aliphatic rings. The van der Waals surface area contributed by atoms with E-state index in [1.165, 1.54) is 6.42 Å². The summed E-state index contributed by atoms with van der Waals surface area (Å²) in [6, 6.07) is 0. The van der Waals surface area contributed by atoms with E-state index in [4.69, 9.17) is 12.2 Å². The first-order valence-electron chi connectivity index (χ1n) is 4.05. The van der Waals surface area contributed by atoms with Gasteiger partial charge in [0.25, 0.3) is 0 Å². The van der Waals surface area contributed by atoms with Gasteiger partial charge in [0, 0.05) is 10.5 Å². The maximum atomic E-state index is 5.22. The molecule has 0 unspecified atom stereocenters. The second kappa shape index (κ2) is 3.99.